The molecule has 0 heterocycles. The molecule has 0 fully saturated rings. The second-order valence-electron chi connectivity index (χ2n) is 2.70. The van der Waals surface area contributed by atoms with Crippen molar-refractivity contribution in [2.45, 2.75) is 16.5 Å². The summed E-state index contributed by atoms with van der Waals surface area (Å²) in [5, 5.41) is 0. The third-order valence-electron chi connectivity index (χ3n) is 0.850. The Bertz CT molecular complexity index is 596. The van der Waals surface area contributed by atoms with Gasteiger partial charge in [0.2, 0.25) is 0 Å². The summed E-state index contributed by atoms with van der Waals surface area (Å²) in [5.41, 5.74) is -16.9. The summed E-state index contributed by atoms with van der Waals surface area (Å²) in [4.78, 5) is 0. The molecule has 0 rings (SSSR count). The summed E-state index contributed by atoms with van der Waals surface area (Å²) < 4.78 is 177. The SMILES string of the molecule is O=S(=O)([O-])C(F)(F)F.O=S(=O)([O-])C(F)(F)F.O=S(=O)([O-])C(F)(F)F.[Ce+3]. The first-order chi connectivity index (χ1) is 9.75. The maximum Gasteiger partial charge on any atom is 3.00 e. The van der Waals surface area contributed by atoms with E-state index >= 15 is 0 Å². The van der Waals surface area contributed by atoms with Crippen LogP contribution in [0.15, 0.2) is 0 Å². The average Bonchev–Trinajstić information content (AvgIpc) is 2.08. The van der Waals surface area contributed by atoms with Gasteiger partial charge >= 0.3 is 58.3 Å². The molecule has 0 atom stereocenters. The Hall–Kier alpha value is 0.477. The van der Waals surface area contributed by atoms with Gasteiger partial charge in [-0.2, -0.15) is 39.5 Å². The molecule has 22 heteroatoms. The van der Waals surface area contributed by atoms with Crippen LogP contribution in [0, 0.1) is 41.7 Å². The van der Waals surface area contributed by atoms with Gasteiger partial charge in [0.15, 0.2) is 30.4 Å². The smallest absolute Gasteiger partial charge is 0.741 e. The summed E-state index contributed by atoms with van der Waals surface area (Å²) in [6, 6.07) is 0. The zero-order chi connectivity index (χ0) is 21.0. The Morgan fingerprint density at radius 2 is 0.480 bits per heavy atom. The number of hydrogen-bond acceptors (Lipinski definition) is 9. The molecule has 0 aliphatic heterocycles. The number of alkyl halides is 9. The van der Waals surface area contributed by atoms with Gasteiger partial charge in [-0.3, -0.25) is 0 Å². The van der Waals surface area contributed by atoms with Crippen molar-refractivity contribution < 1.29 is 120 Å². The van der Waals surface area contributed by atoms with Crippen LogP contribution < -0.4 is 0 Å². The predicted molar refractivity (Wildman–Crippen MR) is 47.3 cm³/mol. The Kier molecular flexibility index (Phi) is 13.4. The molecular formula is C3CeF9O9S3. The summed E-state index contributed by atoms with van der Waals surface area (Å²) in [6.07, 6.45) is 0. The van der Waals surface area contributed by atoms with Crippen LogP contribution in [-0.4, -0.2) is 55.4 Å². The second kappa shape index (κ2) is 10.1. The molecule has 0 aliphatic rings. The topological polar surface area (TPSA) is 172 Å². The quantitative estimate of drug-likeness (QED) is 0.217. The van der Waals surface area contributed by atoms with E-state index in [1.807, 2.05) is 0 Å². The van der Waals surface area contributed by atoms with Crippen LogP contribution in [-0.2, 0) is 30.4 Å². The zero-order valence-electron chi connectivity index (χ0n) is 10.3. The zero-order valence-corrected chi connectivity index (χ0v) is 15.9. The Morgan fingerprint density at radius 3 is 0.480 bits per heavy atom. The van der Waals surface area contributed by atoms with E-state index in [2.05, 4.69) is 0 Å². The molecule has 151 valence electrons. The van der Waals surface area contributed by atoms with Gasteiger partial charge in [0.1, 0.15) is 0 Å². The molecular weight excluding hydrogens is 587 g/mol. The molecule has 0 saturated heterocycles. The van der Waals surface area contributed by atoms with Crippen molar-refractivity contribution in [1.82, 2.24) is 0 Å². The largest absolute Gasteiger partial charge is 3.00 e. The minimum atomic E-state index is -6.09. The van der Waals surface area contributed by atoms with Gasteiger partial charge in [0.25, 0.3) is 0 Å². The molecule has 0 unspecified atom stereocenters. The minimum Gasteiger partial charge on any atom is -0.741 e. The monoisotopic (exact) mass is 587 g/mol. The van der Waals surface area contributed by atoms with Gasteiger partial charge in [-0.1, -0.05) is 0 Å². The molecule has 0 aliphatic carbocycles. The Labute approximate surface area is 166 Å². The van der Waals surface area contributed by atoms with Crippen molar-refractivity contribution in [1.29, 1.82) is 0 Å². The normalized spacial score (nSPS) is 13.4. The van der Waals surface area contributed by atoms with Crippen LogP contribution in [0.2, 0.25) is 0 Å². The van der Waals surface area contributed by atoms with Crippen molar-refractivity contribution in [3.05, 3.63) is 0 Å². The van der Waals surface area contributed by atoms with Gasteiger partial charge in [-0.25, -0.2) is 25.3 Å². The van der Waals surface area contributed by atoms with Crippen molar-refractivity contribution in [3.8, 4) is 0 Å². The van der Waals surface area contributed by atoms with Gasteiger partial charge in [-0.15, -0.1) is 0 Å². The van der Waals surface area contributed by atoms with E-state index in [9.17, 15) is 39.5 Å². The van der Waals surface area contributed by atoms with E-state index in [4.69, 9.17) is 38.9 Å². The Morgan fingerprint density at radius 1 is 0.440 bits per heavy atom. The molecule has 0 aromatic heterocycles. The second-order valence-corrected chi connectivity index (χ2v) is 6.81. The van der Waals surface area contributed by atoms with E-state index in [0.29, 0.717) is 0 Å². The van der Waals surface area contributed by atoms with Crippen LogP contribution in [0.3, 0.4) is 0 Å². The standard InChI is InChI=1S/3CHF3O3S.Ce/c3*2-1(3,4)8(5,6)7;/h3*(H,5,6,7);/q;;;+3/p-3. The fourth-order valence-corrected chi connectivity index (χ4v) is 0. The number of hydrogen-bond donors (Lipinski definition) is 0. The molecule has 0 amide bonds. The van der Waals surface area contributed by atoms with Crippen LogP contribution in [0.1, 0.15) is 0 Å². The van der Waals surface area contributed by atoms with E-state index in [1.54, 1.807) is 0 Å². The number of halogens is 9. The Balaban J connectivity index is -0.000000130. The first-order valence-corrected chi connectivity index (χ1v) is 8.04. The van der Waals surface area contributed by atoms with Crippen LogP contribution >= 0.6 is 0 Å². The molecule has 0 spiro atoms. The van der Waals surface area contributed by atoms with Gasteiger partial charge in [0.05, 0.1) is 0 Å². The minimum absolute atomic E-state index is 0. The van der Waals surface area contributed by atoms with Crippen LogP contribution in [0.4, 0.5) is 39.5 Å². The van der Waals surface area contributed by atoms with Gasteiger partial charge in [0, 0.05) is 0 Å². The molecule has 0 aromatic carbocycles. The molecule has 1 radical (unpaired) electrons. The molecule has 0 N–H and O–H groups in total. The summed E-state index contributed by atoms with van der Waals surface area (Å²) in [6.45, 7) is 0. The first-order valence-electron chi connectivity index (χ1n) is 3.81. The van der Waals surface area contributed by atoms with Gasteiger partial charge in [-0.05, 0) is 0 Å². The third-order valence-corrected chi connectivity index (χ3v) is 2.55. The summed E-state index contributed by atoms with van der Waals surface area (Å²) in [7, 11) is -18.3. The first kappa shape index (κ1) is 33.1. The average molecular weight is 587 g/mol. The van der Waals surface area contributed by atoms with Crippen LogP contribution in [0.25, 0.3) is 0 Å². The van der Waals surface area contributed by atoms with E-state index in [0.717, 1.165) is 0 Å². The van der Waals surface area contributed by atoms with Crippen molar-refractivity contribution >= 4 is 30.4 Å². The van der Waals surface area contributed by atoms with Crippen molar-refractivity contribution in [2.75, 3.05) is 0 Å². The maximum atomic E-state index is 10.7. The van der Waals surface area contributed by atoms with Crippen LogP contribution in [0.5, 0.6) is 0 Å². The van der Waals surface area contributed by atoms with E-state index < -0.39 is 46.9 Å². The molecule has 0 bridgehead atoms. The molecule has 9 nitrogen and oxygen atoms in total. The third kappa shape index (κ3) is 16.4. The summed E-state index contributed by atoms with van der Waals surface area (Å²) >= 11 is 0. The number of rotatable bonds is 0. The van der Waals surface area contributed by atoms with E-state index in [1.165, 1.54) is 0 Å². The molecule has 0 aromatic rings. The van der Waals surface area contributed by atoms with Crippen molar-refractivity contribution in [2.24, 2.45) is 0 Å². The fraction of sp³-hybridized carbons (Fsp3) is 1.00. The van der Waals surface area contributed by atoms with Crippen molar-refractivity contribution in [3.63, 3.8) is 0 Å². The van der Waals surface area contributed by atoms with E-state index in [-0.39, 0.29) is 41.7 Å². The summed E-state index contributed by atoms with van der Waals surface area (Å²) in [5.74, 6) is 0. The molecule has 25 heavy (non-hydrogen) atoms. The fourth-order valence-electron chi connectivity index (χ4n) is 0. The van der Waals surface area contributed by atoms with Gasteiger partial charge < -0.3 is 13.7 Å². The predicted octanol–water partition coefficient (Wildman–Crippen LogP) is 0.154. The molecule has 0 saturated carbocycles. The maximum absolute atomic E-state index is 10.7.